The van der Waals surface area contributed by atoms with Crippen LogP contribution >= 0.6 is 11.3 Å². The molecule has 0 spiro atoms. The summed E-state index contributed by atoms with van der Waals surface area (Å²) >= 11 is 1.63. The summed E-state index contributed by atoms with van der Waals surface area (Å²) in [5.41, 5.74) is 0. The number of hydrogen-bond donors (Lipinski definition) is 2. The first-order valence-corrected chi connectivity index (χ1v) is 8.40. The molecule has 1 fully saturated rings. The van der Waals surface area contributed by atoms with Gasteiger partial charge < -0.3 is 15.5 Å². The summed E-state index contributed by atoms with van der Waals surface area (Å²) in [6.45, 7) is 3.87. The molecule has 1 unspecified atom stereocenters. The molecule has 5 nitrogen and oxygen atoms in total. The van der Waals surface area contributed by atoms with Crippen LogP contribution in [0.3, 0.4) is 0 Å². The molecule has 1 aliphatic heterocycles. The molecule has 116 valence electrons. The molecule has 0 aliphatic carbocycles. The number of amides is 3. The second-order valence-electron chi connectivity index (χ2n) is 5.33. The average Bonchev–Trinajstić information content (AvgIpc) is 2.92. The summed E-state index contributed by atoms with van der Waals surface area (Å²) in [5.74, 6) is 0.210. The number of nitrogens with one attached hydrogen (secondary N) is 2. The fraction of sp³-hybridized carbons (Fsp3) is 0.600. The van der Waals surface area contributed by atoms with E-state index in [9.17, 15) is 9.59 Å². The zero-order valence-corrected chi connectivity index (χ0v) is 13.2. The van der Waals surface area contributed by atoms with E-state index in [0.717, 1.165) is 30.7 Å². The third-order valence-corrected chi connectivity index (χ3v) is 4.71. The molecular formula is C15H23N3O2S. The van der Waals surface area contributed by atoms with E-state index in [1.54, 1.807) is 11.3 Å². The van der Waals surface area contributed by atoms with Gasteiger partial charge >= 0.3 is 6.03 Å². The van der Waals surface area contributed by atoms with E-state index in [2.05, 4.69) is 10.6 Å². The van der Waals surface area contributed by atoms with Crippen LogP contribution in [0.1, 0.15) is 43.5 Å². The predicted octanol–water partition coefficient (Wildman–Crippen LogP) is 2.51. The summed E-state index contributed by atoms with van der Waals surface area (Å²) in [6.07, 6.45) is 3.81. The van der Waals surface area contributed by atoms with E-state index in [0.29, 0.717) is 19.5 Å². The number of carbonyl (C=O) groups excluding carboxylic acids is 2. The molecule has 1 atom stereocenters. The highest BCUT2D eigenvalue weighted by molar-refractivity contribution is 7.10. The lowest BCUT2D eigenvalue weighted by Gasteiger charge is -2.21. The maximum absolute atomic E-state index is 11.8. The summed E-state index contributed by atoms with van der Waals surface area (Å²) in [4.78, 5) is 26.6. The third-order valence-electron chi connectivity index (χ3n) is 3.66. The molecule has 6 heteroatoms. The molecule has 1 aromatic heterocycles. The molecule has 1 aromatic rings. The number of rotatable bonds is 5. The lowest BCUT2D eigenvalue weighted by Crippen LogP contribution is -2.42. The van der Waals surface area contributed by atoms with Gasteiger partial charge in [0.25, 0.3) is 0 Å². The molecule has 1 aliphatic rings. The van der Waals surface area contributed by atoms with Crippen molar-refractivity contribution in [3.05, 3.63) is 22.4 Å². The highest BCUT2D eigenvalue weighted by Gasteiger charge is 2.16. The van der Waals surface area contributed by atoms with E-state index in [-0.39, 0.29) is 18.0 Å². The van der Waals surface area contributed by atoms with Crippen LogP contribution in [0.25, 0.3) is 0 Å². The largest absolute Gasteiger partial charge is 0.341 e. The zero-order chi connectivity index (χ0) is 15.1. The summed E-state index contributed by atoms with van der Waals surface area (Å²) < 4.78 is 0. The average molecular weight is 309 g/mol. The summed E-state index contributed by atoms with van der Waals surface area (Å²) in [5, 5.41) is 7.72. The van der Waals surface area contributed by atoms with Crippen LogP contribution in [0.4, 0.5) is 4.79 Å². The van der Waals surface area contributed by atoms with Crippen molar-refractivity contribution in [2.75, 3.05) is 19.6 Å². The number of urea groups is 1. The number of nitrogens with zero attached hydrogens (tertiary/aromatic N) is 1. The molecule has 1 saturated heterocycles. The first-order valence-electron chi connectivity index (χ1n) is 7.52. The van der Waals surface area contributed by atoms with Gasteiger partial charge in [0.05, 0.1) is 6.04 Å². The summed E-state index contributed by atoms with van der Waals surface area (Å²) in [7, 11) is 0. The van der Waals surface area contributed by atoms with Crippen LogP contribution in [-0.4, -0.2) is 36.5 Å². The van der Waals surface area contributed by atoms with Crippen molar-refractivity contribution >= 4 is 23.3 Å². The van der Waals surface area contributed by atoms with Gasteiger partial charge in [0.2, 0.25) is 5.91 Å². The Labute approximate surface area is 129 Å². The maximum atomic E-state index is 11.8. The van der Waals surface area contributed by atoms with Crippen LogP contribution in [0.5, 0.6) is 0 Å². The Bertz CT molecular complexity index is 461. The van der Waals surface area contributed by atoms with Crippen LogP contribution in [-0.2, 0) is 4.79 Å². The predicted molar refractivity (Wildman–Crippen MR) is 84.3 cm³/mol. The van der Waals surface area contributed by atoms with Gasteiger partial charge in [0, 0.05) is 30.9 Å². The van der Waals surface area contributed by atoms with Crippen molar-refractivity contribution < 1.29 is 9.59 Å². The van der Waals surface area contributed by atoms with E-state index in [4.69, 9.17) is 0 Å². The molecule has 0 bridgehead atoms. The van der Waals surface area contributed by atoms with Crippen molar-refractivity contribution in [1.82, 2.24) is 15.5 Å². The molecule has 2 heterocycles. The first kappa shape index (κ1) is 15.8. The minimum Gasteiger partial charge on any atom is -0.341 e. The lowest BCUT2D eigenvalue weighted by molar-refractivity contribution is -0.130. The normalized spacial score (nSPS) is 17.2. The monoisotopic (exact) mass is 309 g/mol. The van der Waals surface area contributed by atoms with Crippen molar-refractivity contribution in [2.45, 2.75) is 38.6 Å². The molecule has 0 aromatic carbocycles. The van der Waals surface area contributed by atoms with E-state index >= 15 is 0 Å². The molecular weight excluding hydrogens is 286 g/mol. The van der Waals surface area contributed by atoms with Crippen molar-refractivity contribution in [2.24, 2.45) is 0 Å². The molecule has 21 heavy (non-hydrogen) atoms. The molecule has 3 amide bonds. The Morgan fingerprint density at radius 2 is 2.29 bits per heavy atom. The van der Waals surface area contributed by atoms with Gasteiger partial charge in [0.1, 0.15) is 0 Å². The molecule has 0 saturated carbocycles. The zero-order valence-electron chi connectivity index (χ0n) is 12.4. The van der Waals surface area contributed by atoms with E-state index in [1.807, 2.05) is 29.3 Å². The minimum atomic E-state index is -0.182. The SMILES string of the molecule is CC(NC(=O)NCCN1CCCCCC1=O)c1cccs1. The Morgan fingerprint density at radius 1 is 1.43 bits per heavy atom. The molecule has 2 rings (SSSR count). The topological polar surface area (TPSA) is 61.4 Å². The van der Waals surface area contributed by atoms with Crippen LogP contribution < -0.4 is 10.6 Å². The van der Waals surface area contributed by atoms with Crippen LogP contribution in [0, 0.1) is 0 Å². The van der Waals surface area contributed by atoms with Gasteiger partial charge in [-0.1, -0.05) is 12.5 Å². The molecule has 2 N–H and O–H groups in total. The van der Waals surface area contributed by atoms with E-state index in [1.165, 1.54) is 0 Å². The van der Waals surface area contributed by atoms with Gasteiger partial charge in [-0.15, -0.1) is 11.3 Å². The highest BCUT2D eigenvalue weighted by atomic mass is 32.1. The smallest absolute Gasteiger partial charge is 0.315 e. The van der Waals surface area contributed by atoms with Gasteiger partial charge in [-0.25, -0.2) is 4.79 Å². The minimum absolute atomic E-state index is 0.00446. The van der Waals surface area contributed by atoms with Crippen LogP contribution in [0.2, 0.25) is 0 Å². The first-order chi connectivity index (χ1) is 10.2. The maximum Gasteiger partial charge on any atom is 0.315 e. The van der Waals surface area contributed by atoms with Crippen molar-refractivity contribution in [3.8, 4) is 0 Å². The fourth-order valence-corrected chi connectivity index (χ4v) is 3.17. The van der Waals surface area contributed by atoms with Crippen molar-refractivity contribution in [3.63, 3.8) is 0 Å². The summed E-state index contributed by atoms with van der Waals surface area (Å²) in [6, 6.07) is 3.80. The fourth-order valence-electron chi connectivity index (χ4n) is 2.44. The second-order valence-corrected chi connectivity index (χ2v) is 6.31. The Kier molecular flexibility index (Phi) is 6.04. The Morgan fingerprint density at radius 3 is 3.05 bits per heavy atom. The van der Waals surface area contributed by atoms with Gasteiger partial charge in [-0.05, 0) is 31.2 Å². The van der Waals surface area contributed by atoms with Gasteiger partial charge in [0.15, 0.2) is 0 Å². The second kappa shape index (κ2) is 8.02. The van der Waals surface area contributed by atoms with Crippen LogP contribution in [0.15, 0.2) is 17.5 Å². The standard InChI is InChI=1S/C15H23N3O2S/c1-12(13-6-5-11-21-13)17-15(20)16-8-10-18-9-4-2-3-7-14(18)19/h5-6,11-12H,2-4,7-10H2,1H3,(H2,16,17,20). The number of likely N-dealkylation sites (tertiary alicyclic amines) is 1. The Balaban J connectivity index is 1.68. The van der Waals surface area contributed by atoms with Gasteiger partial charge in [-0.3, -0.25) is 4.79 Å². The highest BCUT2D eigenvalue weighted by Crippen LogP contribution is 2.17. The third kappa shape index (κ3) is 5.04. The number of thiophene rings is 1. The quantitative estimate of drug-likeness (QED) is 0.878. The Hall–Kier alpha value is -1.56. The van der Waals surface area contributed by atoms with E-state index < -0.39 is 0 Å². The number of carbonyl (C=O) groups is 2. The van der Waals surface area contributed by atoms with Crippen molar-refractivity contribution in [1.29, 1.82) is 0 Å². The van der Waals surface area contributed by atoms with Gasteiger partial charge in [-0.2, -0.15) is 0 Å². The molecule has 0 radical (unpaired) electrons. The lowest BCUT2D eigenvalue weighted by atomic mass is 10.2. The number of hydrogen-bond acceptors (Lipinski definition) is 3.